The molecule has 0 bridgehead atoms. The number of likely N-dealkylation sites (tertiary alicyclic amines) is 1. The molecule has 0 radical (unpaired) electrons. The molecule has 2 fully saturated rings. The molecule has 1 N–H and O–H groups in total. The Morgan fingerprint density at radius 3 is 2.79 bits per heavy atom. The average Bonchev–Trinajstić information content (AvgIpc) is 3.33. The van der Waals surface area contributed by atoms with Gasteiger partial charge in [0.05, 0.1) is 11.6 Å². The Morgan fingerprint density at radius 2 is 1.97 bits per heavy atom. The maximum absolute atomic E-state index is 13.0. The number of pyridine rings is 1. The molecular weight excluding hydrogens is 390 g/mol. The lowest BCUT2D eigenvalue weighted by molar-refractivity contribution is -0.0231. The summed E-state index contributed by atoms with van der Waals surface area (Å²) in [7, 11) is 0. The van der Waals surface area contributed by atoms with Gasteiger partial charge in [0.25, 0.3) is 5.91 Å². The zero-order chi connectivity index (χ0) is 20.0. The van der Waals surface area contributed by atoms with Crippen molar-refractivity contribution in [2.45, 2.75) is 25.0 Å². The predicted molar refractivity (Wildman–Crippen MR) is 109 cm³/mol. The molecule has 0 spiro atoms. The fourth-order valence-electron chi connectivity index (χ4n) is 4.64. The summed E-state index contributed by atoms with van der Waals surface area (Å²) in [6.45, 7) is 1.37. The number of aliphatic hydroxyl groups is 1. The van der Waals surface area contributed by atoms with E-state index in [0.717, 1.165) is 11.9 Å². The second kappa shape index (κ2) is 7.35. The lowest BCUT2D eigenvalue weighted by atomic mass is 9.78. The zero-order valence-electron chi connectivity index (χ0n) is 15.8. The van der Waals surface area contributed by atoms with Crippen molar-refractivity contribution in [1.82, 2.24) is 14.5 Å². The number of carbonyl (C=O) groups is 1. The van der Waals surface area contributed by atoms with E-state index in [-0.39, 0.29) is 12.0 Å². The van der Waals surface area contributed by atoms with Gasteiger partial charge in [-0.25, -0.2) is 4.52 Å². The van der Waals surface area contributed by atoms with Crippen LogP contribution >= 0.6 is 11.6 Å². The SMILES string of the molecule is O=C(c1ccn2nccc2c1)N1C[C@H]2C[C@@H](Oc3cccc(Cl)c3)[C@H](O)C[C@H]2C1. The maximum atomic E-state index is 13.0. The summed E-state index contributed by atoms with van der Waals surface area (Å²) in [4.78, 5) is 14.9. The minimum atomic E-state index is -0.548. The highest BCUT2D eigenvalue weighted by atomic mass is 35.5. The van der Waals surface area contributed by atoms with Gasteiger partial charge in [-0.2, -0.15) is 5.10 Å². The van der Waals surface area contributed by atoms with Gasteiger partial charge < -0.3 is 14.7 Å². The van der Waals surface area contributed by atoms with Gasteiger partial charge >= 0.3 is 0 Å². The summed E-state index contributed by atoms with van der Waals surface area (Å²) in [5.74, 6) is 1.32. The third-order valence-electron chi connectivity index (χ3n) is 6.10. The van der Waals surface area contributed by atoms with Crippen LogP contribution in [0.25, 0.3) is 5.52 Å². The van der Waals surface area contributed by atoms with Crippen LogP contribution in [0.3, 0.4) is 0 Å². The summed E-state index contributed by atoms with van der Waals surface area (Å²) in [6, 6.07) is 12.8. The Hall–Kier alpha value is -2.57. The van der Waals surface area contributed by atoms with E-state index in [9.17, 15) is 9.90 Å². The van der Waals surface area contributed by atoms with E-state index in [1.807, 2.05) is 41.4 Å². The van der Waals surface area contributed by atoms with E-state index in [4.69, 9.17) is 16.3 Å². The van der Waals surface area contributed by atoms with Crippen molar-refractivity contribution in [2.24, 2.45) is 11.8 Å². The van der Waals surface area contributed by atoms with Crippen LogP contribution < -0.4 is 4.74 Å². The van der Waals surface area contributed by atoms with Gasteiger partial charge in [-0.05, 0) is 61.1 Å². The van der Waals surface area contributed by atoms with Gasteiger partial charge in [-0.15, -0.1) is 0 Å². The second-order valence-electron chi connectivity index (χ2n) is 8.00. The Balaban J connectivity index is 1.28. The molecule has 6 nitrogen and oxygen atoms in total. The Kier molecular flexibility index (Phi) is 4.68. The molecule has 2 aliphatic rings. The van der Waals surface area contributed by atoms with Crippen LogP contribution in [-0.2, 0) is 0 Å². The number of ether oxygens (including phenoxy) is 1. The Labute approximate surface area is 173 Å². The monoisotopic (exact) mass is 411 g/mol. The van der Waals surface area contributed by atoms with Crippen LogP contribution in [0.4, 0.5) is 0 Å². The quantitative estimate of drug-likeness (QED) is 0.718. The molecule has 3 heterocycles. The molecule has 2 aromatic heterocycles. The number of halogens is 1. The number of aromatic nitrogens is 2. The molecule has 1 saturated heterocycles. The minimum Gasteiger partial charge on any atom is -0.488 e. The molecule has 1 aliphatic heterocycles. The van der Waals surface area contributed by atoms with Crippen molar-refractivity contribution < 1.29 is 14.6 Å². The van der Waals surface area contributed by atoms with Gasteiger partial charge in [0.15, 0.2) is 0 Å². The van der Waals surface area contributed by atoms with Gasteiger partial charge in [0.2, 0.25) is 0 Å². The number of amides is 1. The van der Waals surface area contributed by atoms with Crippen LogP contribution in [0.5, 0.6) is 5.75 Å². The van der Waals surface area contributed by atoms with Crippen molar-refractivity contribution in [3.05, 3.63) is 65.4 Å². The van der Waals surface area contributed by atoms with Gasteiger partial charge in [-0.3, -0.25) is 4.79 Å². The summed E-state index contributed by atoms with van der Waals surface area (Å²) in [5, 5.41) is 15.4. The van der Waals surface area contributed by atoms with Gasteiger partial charge in [-0.1, -0.05) is 17.7 Å². The third-order valence-corrected chi connectivity index (χ3v) is 6.34. The van der Waals surface area contributed by atoms with Crippen LogP contribution in [-0.4, -0.2) is 50.8 Å². The molecule has 1 aromatic carbocycles. The van der Waals surface area contributed by atoms with E-state index in [0.29, 0.717) is 47.7 Å². The Morgan fingerprint density at radius 1 is 1.14 bits per heavy atom. The highest BCUT2D eigenvalue weighted by Crippen LogP contribution is 2.38. The fourth-order valence-corrected chi connectivity index (χ4v) is 4.82. The average molecular weight is 412 g/mol. The van der Waals surface area contributed by atoms with Crippen molar-refractivity contribution in [2.75, 3.05) is 13.1 Å². The first-order chi connectivity index (χ1) is 14.1. The van der Waals surface area contributed by atoms with E-state index < -0.39 is 6.10 Å². The molecule has 1 saturated carbocycles. The molecule has 150 valence electrons. The van der Waals surface area contributed by atoms with Crippen LogP contribution in [0.15, 0.2) is 54.9 Å². The van der Waals surface area contributed by atoms with E-state index >= 15 is 0 Å². The van der Waals surface area contributed by atoms with E-state index in [1.54, 1.807) is 22.8 Å². The third kappa shape index (κ3) is 3.58. The molecule has 0 unspecified atom stereocenters. The number of aliphatic hydroxyl groups excluding tert-OH is 1. The zero-order valence-corrected chi connectivity index (χ0v) is 16.6. The number of nitrogens with zero attached hydrogens (tertiary/aromatic N) is 3. The topological polar surface area (TPSA) is 67.1 Å². The normalized spacial score (nSPS) is 26.5. The summed E-state index contributed by atoms with van der Waals surface area (Å²) < 4.78 is 7.77. The van der Waals surface area contributed by atoms with Crippen LogP contribution in [0, 0.1) is 11.8 Å². The molecule has 1 amide bonds. The first-order valence-electron chi connectivity index (χ1n) is 9.90. The molecule has 3 aromatic rings. The molecule has 5 rings (SSSR count). The molecular formula is C22H22ClN3O3. The van der Waals surface area contributed by atoms with Crippen molar-refractivity contribution in [1.29, 1.82) is 0 Å². The standard InChI is InChI=1S/C22H22ClN3O3/c23-17-2-1-3-19(11-17)29-21-10-16-13-25(12-15(16)9-20(21)27)22(28)14-5-7-26-18(8-14)4-6-24-26/h1-8,11,15-16,20-21,27H,9-10,12-13H2/t15-,16+,20+,21+/m0/s1. The highest BCUT2D eigenvalue weighted by Gasteiger charge is 2.44. The lowest BCUT2D eigenvalue weighted by Crippen LogP contribution is -2.42. The first kappa shape index (κ1) is 18.5. The number of benzene rings is 1. The predicted octanol–water partition coefficient (Wildman–Crippen LogP) is 3.28. The molecule has 29 heavy (non-hydrogen) atoms. The van der Waals surface area contributed by atoms with Crippen molar-refractivity contribution in [3.8, 4) is 5.75 Å². The summed E-state index contributed by atoms with van der Waals surface area (Å²) in [5.41, 5.74) is 1.57. The number of rotatable bonds is 3. The number of hydrogen-bond acceptors (Lipinski definition) is 4. The van der Waals surface area contributed by atoms with Crippen LogP contribution in [0.1, 0.15) is 23.2 Å². The van der Waals surface area contributed by atoms with E-state index in [1.165, 1.54) is 0 Å². The van der Waals surface area contributed by atoms with Gasteiger partial charge in [0.1, 0.15) is 11.9 Å². The lowest BCUT2D eigenvalue weighted by Gasteiger charge is -2.35. The van der Waals surface area contributed by atoms with Crippen LogP contribution in [0.2, 0.25) is 5.02 Å². The van der Waals surface area contributed by atoms with Crippen molar-refractivity contribution >= 4 is 23.0 Å². The minimum absolute atomic E-state index is 0.0323. The number of carbonyl (C=O) groups excluding carboxylic acids is 1. The summed E-state index contributed by atoms with van der Waals surface area (Å²) >= 11 is 6.04. The maximum Gasteiger partial charge on any atom is 0.254 e. The largest absolute Gasteiger partial charge is 0.488 e. The number of hydrogen-bond donors (Lipinski definition) is 1. The molecule has 1 aliphatic carbocycles. The fraction of sp³-hybridized carbons (Fsp3) is 0.364. The first-order valence-corrected chi connectivity index (χ1v) is 10.3. The second-order valence-corrected chi connectivity index (χ2v) is 8.44. The molecule has 7 heteroatoms. The smallest absolute Gasteiger partial charge is 0.254 e. The van der Waals surface area contributed by atoms with E-state index in [2.05, 4.69) is 5.10 Å². The Bertz CT molecular complexity index is 1050. The summed E-state index contributed by atoms with van der Waals surface area (Å²) in [6.07, 6.45) is 4.06. The van der Waals surface area contributed by atoms with Crippen molar-refractivity contribution in [3.63, 3.8) is 0 Å². The highest BCUT2D eigenvalue weighted by molar-refractivity contribution is 6.30. The molecule has 4 atom stereocenters. The van der Waals surface area contributed by atoms with Gasteiger partial charge in [0, 0.05) is 36.1 Å². The number of fused-ring (bicyclic) bond motifs is 2.